The molecule has 1 N–H and O–H groups in total. The molecule has 0 saturated heterocycles. The molecule has 1 aliphatic carbocycles. The smallest absolute Gasteiger partial charge is 0.0358 e. The summed E-state index contributed by atoms with van der Waals surface area (Å²) < 4.78 is 0. The highest BCUT2D eigenvalue weighted by molar-refractivity contribution is 5.01. The van der Waals surface area contributed by atoms with Gasteiger partial charge in [0.2, 0.25) is 0 Å². The van der Waals surface area contributed by atoms with Crippen molar-refractivity contribution in [2.75, 3.05) is 20.6 Å². The van der Waals surface area contributed by atoms with Crippen molar-refractivity contribution in [3.8, 4) is 0 Å². The molecule has 0 aromatic rings. The third-order valence-electron chi connectivity index (χ3n) is 5.53. The van der Waals surface area contributed by atoms with Gasteiger partial charge in [-0.05, 0) is 52.2 Å². The zero-order valence-electron chi connectivity index (χ0n) is 15.4. The summed E-state index contributed by atoms with van der Waals surface area (Å²) >= 11 is 0. The summed E-state index contributed by atoms with van der Waals surface area (Å²) in [5, 5.41) is 3.92. The maximum absolute atomic E-state index is 3.92. The molecular weight excluding hydrogens is 256 g/mol. The minimum Gasteiger partial charge on any atom is -0.312 e. The molecule has 126 valence electrons. The second-order valence-electron chi connectivity index (χ2n) is 7.56. The Morgan fingerprint density at radius 2 is 1.90 bits per heavy atom. The third-order valence-corrected chi connectivity index (χ3v) is 5.53. The molecule has 0 spiro atoms. The number of hydrogen-bond donors (Lipinski definition) is 1. The van der Waals surface area contributed by atoms with Crippen molar-refractivity contribution in [2.24, 2.45) is 5.92 Å². The lowest BCUT2D eigenvalue weighted by atomic mass is 9.70. The molecule has 0 aromatic carbocycles. The first-order chi connectivity index (χ1) is 10.1. The zero-order chi connectivity index (χ0) is 15.7. The summed E-state index contributed by atoms with van der Waals surface area (Å²) in [5.74, 6) is 0.878. The van der Waals surface area contributed by atoms with E-state index in [1.165, 1.54) is 70.8 Å². The van der Waals surface area contributed by atoms with Gasteiger partial charge in [-0.15, -0.1) is 0 Å². The first kappa shape index (κ1) is 19.0. The lowest BCUT2D eigenvalue weighted by Gasteiger charge is -2.50. The highest BCUT2D eigenvalue weighted by Crippen LogP contribution is 2.39. The molecule has 21 heavy (non-hydrogen) atoms. The van der Waals surface area contributed by atoms with Crippen molar-refractivity contribution in [3.63, 3.8) is 0 Å². The number of unbranched alkanes of at least 4 members (excludes halogenated alkanes) is 3. The van der Waals surface area contributed by atoms with E-state index in [2.05, 4.69) is 45.1 Å². The van der Waals surface area contributed by atoms with Gasteiger partial charge < -0.3 is 10.2 Å². The van der Waals surface area contributed by atoms with E-state index in [4.69, 9.17) is 0 Å². The average Bonchev–Trinajstić information content (AvgIpc) is 2.46. The van der Waals surface area contributed by atoms with E-state index in [1.54, 1.807) is 0 Å². The Morgan fingerprint density at radius 3 is 2.48 bits per heavy atom. The van der Waals surface area contributed by atoms with E-state index < -0.39 is 0 Å². The van der Waals surface area contributed by atoms with Crippen LogP contribution >= 0.6 is 0 Å². The highest BCUT2D eigenvalue weighted by Gasteiger charge is 2.42. The molecule has 2 heteroatoms. The first-order valence-electron chi connectivity index (χ1n) is 9.47. The van der Waals surface area contributed by atoms with Gasteiger partial charge in [-0.25, -0.2) is 0 Å². The van der Waals surface area contributed by atoms with Crippen LogP contribution < -0.4 is 5.32 Å². The normalized spacial score (nSPS) is 28.0. The minimum absolute atomic E-state index is 0.388. The lowest BCUT2D eigenvalue weighted by molar-refractivity contribution is 0.0334. The Labute approximate surface area is 134 Å². The van der Waals surface area contributed by atoms with Crippen LogP contribution in [0.3, 0.4) is 0 Å². The summed E-state index contributed by atoms with van der Waals surface area (Å²) in [6.45, 7) is 8.21. The van der Waals surface area contributed by atoms with Crippen LogP contribution in [-0.4, -0.2) is 37.1 Å². The maximum Gasteiger partial charge on any atom is 0.0358 e. The Hall–Kier alpha value is -0.0800. The molecule has 1 fully saturated rings. The second kappa shape index (κ2) is 9.84. The Kier molecular flexibility index (Phi) is 8.89. The van der Waals surface area contributed by atoms with Gasteiger partial charge in [0.1, 0.15) is 0 Å². The molecule has 0 bridgehead atoms. The molecule has 0 aromatic heterocycles. The molecule has 2 nitrogen and oxygen atoms in total. The molecule has 0 radical (unpaired) electrons. The molecule has 3 atom stereocenters. The van der Waals surface area contributed by atoms with E-state index in [-0.39, 0.29) is 0 Å². The van der Waals surface area contributed by atoms with Crippen molar-refractivity contribution in [2.45, 2.75) is 96.6 Å². The molecule has 1 aliphatic rings. The van der Waals surface area contributed by atoms with E-state index in [9.17, 15) is 0 Å². The third kappa shape index (κ3) is 5.56. The van der Waals surface area contributed by atoms with Gasteiger partial charge in [0.25, 0.3) is 0 Å². The Bertz CT molecular complexity index is 264. The van der Waals surface area contributed by atoms with Gasteiger partial charge in [-0.2, -0.15) is 0 Å². The van der Waals surface area contributed by atoms with Crippen molar-refractivity contribution in [3.05, 3.63) is 0 Å². The summed E-state index contributed by atoms with van der Waals surface area (Å²) in [6.07, 6.45) is 13.7. The fraction of sp³-hybridized carbons (Fsp3) is 1.00. The van der Waals surface area contributed by atoms with Crippen LogP contribution in [0.1, 0.15) is 85.0 Å². The van der Waals surface area contributed by atoms with Crippen LogP contribution in [0, 0.1) is 5.92 Å². The number of likely N-dealkylation sites (N-methyl/N-ethyl adjacent to an activating group) is 1. The molecule has 3 unspecified atom stereocenters. The molecule has 0 amide bonds. The Balaban J connectivity index is 2.73. The van der Waals surface area contributed by atoms with Crippen LogP contribution in [0.25, 0.3) is 0 Å². The van der Waals surface area contributed by atoms with Crippen LogP contribution in [0.4, 0.5) is 0 Å². The number of hydrogen-bond acceptors (Lipinski definition) is 2. The van der Waals surface area contributed by atoms with Crippen LogP contribution in [0.15, 0.2) is 0 Å². The van der Waals surface area contributed by atoms with Crippen molar-refractivity contribution in [1.29, 1.82) is 0 Å². The van der Waals surface area contributed by atoms with Crippen LogP contribution in [0.5, 0.6) is 0 Å². The van der Waals surface area contributed by atoms with Crippen LogP contribution in [0.2, 0.25) is 0 Å². The number of rotatable bonds is 10. The summed E-state index contributed by atoms with van der Waals surface area (Å²) in [5.41, 5.74) is 0.388. The van der Waals surface area contributed by atoms with Crippen molar-refractivity contribution < 1.29 is 0 Å². The van der Waals surface area contributed by atoms with Gasteiger partial charge in [-0.3, -0.25) is 0 Å². The van der Waals surface area contributed by atoms with Gasteiger partial charge in [0.15, 0.2) is 0 Å². The average molecular weight is 297 g/mol. The van der Waals surface area contributed by atoms with Gasteiger partial charge in [-0.1, -0.05) is 59.3 Å². The quantitative estimate of drug-likeness (QED) is 0.581. The summed E-state index contributed by atoms with van der Waals surface area (Å²) in [6, 6.07) is 0.673. The molecular formula is C19H40N2. The minimum atomic E-state index is 0.388. The van der Waals surface area contributed by atoms with Gasteiger partial charge in [0.05, 0.1) is 0 Å². The first-order valence-corrected chi connectivity index (χ1v) is 9.47. The second-order valence-corrected chi connectivity index (χ2v) is 7.56. The monoisotopic (exact) mass is 296 g/mol. The predicted octanol–water partition coefficient (Wildman–Crippen LogP) is 4.84. The molecule has 0 aliphatic heterocycles. The van der Waals surface area contributed by atoms with Crippen molar-refractivity contribution in [1.82, 2.24) is 10.2 Å². The van der Waals surface area contributed by atoms with Gasteiger partial charge >= 0.3 is 0 Å². The summed E-state index contributed by atoms with van der Waals surface area (Å²) in [7, 11) is 4.62. The summed E-state index contributed by atoms with van der Waals surface area (Å²) in [4.78, 5) is 2.55. The number of nitrogens with zero attached hydrogens (tertiary/aromatic N) is 1. The van der Waals surface area contributed by atoms with Crippen LogP contribution in [-0.2, 0) is 0 Å². The fourth-order valence-corrected chi connectivity index (χ4v) is 4.25. The van der Waals surface area contributed by atoms with E-state index in [1.807, 2.05) is 0 Å². The van der Waals surface area contributed by atoms with Gasteiger partial charge in [0, 0.05) is 11.6 Å². The van der Waals surface area contributed by atoms with E-state index in [0.717, 1.165) is 5.92 Å². The predicted molar refractivity (Wildman–Crippen MR) is 94.9 cm³/mol. The van der Waals surface area contributed by atoms with E-state index in [0.29, 0.717) is 11.6 Å². The molecule has 1 saturated carbocycles. The largest absolute Gasteiger partial charge is 0.312 e. The van der Waals surface area contributed by atoms with Crippen molar-refractivity contribution >= 4 is 0 Å². The highest BCUT2D eigenvalue weighted by atomic mass is 15.2. The zero-order valence-corrected chi connectivity index (χ0v) is 15.4. The standard InChI is InChI=1S/C19H40N2/c1-6-8-9-10-13-18(20-15-7-2)19(21(4)5)14-11-12-17(3)16-19/h17-18,20H,6-16H2,1-5H3. The molecule has 1 rings (SSSR count). The molecule has 0 heterocycles. The fourth-order valence-electron chi connectivity index (χ4n) is 4.25. The topological polar surface area (TPSA) is 15.3 Å². The Morgan fingerprint density at radius 1 is 1.14 bits per heavy atom. The maximum atomic E-state index is 3.92. The number of nitrogens with one attached hydrogen (secondary N) is 1. The lowest BCUT2D eigenvalue weighted by Crippen LogP contribution is -2.61. The SMILES string of the molecule is CCCCCCC(NCCC)C1(N(C)C)CCCC(C)C1. The van der Waals surface area contributed by atoms with E-state index >= 15 is 0 Å².